The lowest BCUT2D eigenvalue weighted by molar-refractivity contribution is -0.148. The number of carboxylic acids is 2. The van der Waals surface area contributed by atoms with Crippen LogP contribution in [-0.4, -0.2) is 22.2 Å². The lowest BCUT2D eigenvalue weighted by Crippen LogP contribution is -2.46. The highest BCUT2D eigenvalue weighted by atomic mass is 16.4. The third-order valence-corrected chi connectivity index (χ3v) is 3.52. The maximum atomic E-state index is 10.5. The van der Waals surface area contributed by atoms with Gasteiger partial charge in [-0.2, -0.15) is 0 Å². The Labute approximate surface area is 82.9 Å². The summed E-state index contributed by atoms with van der Waals surface area (Å²) in [7, 11) is 0. The average molecular weight is 200 g/mol. The Morgan fingerprint density at radius 3 is 1.71 bits per heavy atom. The smallest absolute Gasteiger partial charge is 0.303 e. The molecule has 0 heterocycles. The minimum Gasteiger partial charge on any atom is -0.481 e. The number of aliphatic carboxylic acids is 2. The molecular formula is C10H16O4. The first kappa shape index (κ1) is 11.0. The van der Waals surface area contributed by atoms with Gasteiger partial charge in [0.15, 0.2) is 0 Å². The van der Waals surface area contributed by atoms with Gasteiger partial charge in [0.1, 0.15) is 0 Å². The van der Waals surface area contributed by atoms with Crippen molar-refractivity contribution in [2.45, 2.75) is 33.1 Å². The van der Waals surface area contributed by atoms with E-state index in [4.69, 9.17) is 10.2 Å². The first-order valence-electron chi connectivity index (χ1n) is 4.77. The SMILES string of the molecule is CC1(C)[C@H](CC(=O)O)C[C@H]1CC(=O)O. The molecule has 80 valence electrons. The van der Waals surface area contributed by atoms with Gasteiger partial charge in [-0.15, -0.1) is 0 Å². The van der Waals surface area contributed by atoms with Crippen molar-refractivity contribution in [2.24, 2.45) is 17.3 Å². The molecule has 1 aliphatic carbocycles. The van der Waals surface area contributed by atoms with E-state index in [1.165, 1.54) is 0 Å². The largest absolute Gasteiger partial charge is 0.481 e. The molecule has 2 atom stereocenters. The molecule has 0 amide bonds. The van der Waals surface area contributed by atoms with Crippen LogP contribution >= 0.6 is 0 Å². The fraction of sp³-hybridized carbons (Fsp3) is 0.800. The molecular weight excluding hydrogens is 184 g/mol. The van der Waals surface area contributed by atoms with Gasteiger partial charge in [-0.05, 0) is 23.7 Å². The van der Waals surface area contributed by atoms with Gasteiger partial charge in [-0.25, -0.2) is 0 Å². The monoisotopic (exact) mass is 200 g/mol. The Morgan fingerprint density at radius 1 is 1.14 bits per heavy atom. The van der Waals surface area contributed by atoms with Crippen LogP contribution in [-0.2, 0) is 9.59 Å². The molecule has 1 aliphatic rings. The summed E-state index contributed by atoms with van der Waals surface area (Å²) in [6, 6.07) is 0. The molecule has 1 fully saturated rings. The maximum Gasteiger partial charge on any atom is 0.303 e. The Kier molecular flexibility index (Phi) is 2.83. The zero-order valence-corrected chi connectivity index (χ0v) is 8.49. The third-order valence-electron chi connectivity index (χ3n) is 3.52. The van der Waals surface area contributed by atoms with E-state index < -0.39 is 11.9 Å². The molecule has 4 nitrogen and oxygen atoms in total. The molecule has 0 saturated heterocycles. The van der Waals surface area contributed by atoms with Crippen LogP contribution in [0.25, 0.3) is 0 Å². The van der Waals surface area contributed by atoms with Gasteiger partial charge in [0.2, 0.25) is 0 Å². The van der Waals surface area contributed by atoms with Crippen LogP contribution in [0.15, 0.2) is 0 Å². The summed E-state index contributed by atoms with van der Waals surface area (Å²) in [5.41, 5.74) is -0.142. The molecule has 0 aliphatic heterocycles. The minimum atomic E-state index is -0.795. The summed E-state index contributed by atoms with van der Waals surface area (Å²) >= 11 is 0. The number of carboxylic acid groups (broad SMARTS) is 2. The molecule has 0 radical (unpaired) electrons. The van der Waals surface area contributed by atoms with Crippen molar-refractivity contribution < 1.29 is 19.8 Å². The van der Waals surface area contributed by atoms with Gasteiger partial charge in [0.05, 0.1) is 0 Å². The molecule has 0 aromatic heterocycles. The van der Waals surface area contributed by atoms with E-state index >= 15 is 0 Å². The average Bonchev–Trinajstić information content (AvgIpc) is 2.01. The highest BCUT2D eigenvalue weighted by molar-refractivity contribution is 5.68. The number of carbonyl (C=O) groups is 2. The zero-order chi connectivity index (χ0) is 10.9. The fourth-order valence-electron chi connectivity index (χ4n) is 2.24. The quantitative estimate of drug-likeness (QED) is 0.722. The second-order valence-electron chi connectivity index (χ2n) is 4.65. The standard InChI is InChI=1S/C10H16O4/c1-10(2)6(4-8(11)12)3-7(10)5-9(13)14/h6-7H,3-5H2,1-2H3,(H,11,12)(H,13,14)/t6-,7-/m0/s1. The molecule has 2 N–H and O–H groups in total. The first-order chi connectivity index (χ1) is 6.34. The molecule has 4 heteroatoms. The maximum absolute atomic E-state index is 10.5. The molecule has 1 saturated carbocycles. The lowest BCUT2D eigenvalue weighted by atomic mass is 9.53. The van der Waals surface area contributed by atoms with Crippen molar-refractivity contribution in [1.29, 1.82) is 0 Å². The highest BCUT2D eigenvalue weighted by Crippen LogP contribution is 2.54. The minimum absolute atomic E-state index is 0.129. The van der Waals surface area contributed by atoms with Crippen molar-refractivity contribution in [1.82, 2.24) is 0 Å². The summed E-state index contributed by atoms with van der Waals surface area (Å²) in [4.78, 5) is 21.0. The van der Waals surface area contributed by atoms with Gasteiger partial charge >= 0.3 is 11.9 Å². The Hall–Kier alpha value is -1.06. The Morgan fingerprint density at radius 2 is 1.50 bits per heavy atom. The summed E-state index contributed by atoms with van der Waals surface area (Å²) in [6.07, 6.45) is 1.04. The summed E-state index contributed by atoms with van der Waals surface area (Å²) in [6.45, 7) is 3.91. The van der Waals surface area contributed by atoms with Gasteiger partial charge < -0.3 is 10.2 Å². The van der Waals surface area contributed by atoms with E-state index in [1.54, 1.807) is 0 Å². The summed E-state index contributed by atoms with van der Waals surface area (Å²) < 4.78 is 0. The van der Waals surface area contributed by atoms with Crippen LogP contribution < -0.4 is 0 Å². The van der Waals surface area contributed by atoms with E-state index in [0.29, 0.717) is 0 Å². The van der Waals surface area contributed by atoms with Crippen LogP contribution in [0.4, 0.5) is 0 Å². The molecule has 1 rings (SSSR count). The van der Waals surface area contributed by atoms with Gasteiger partial charge in [-0.3, -0.25) is 9.59 Å². The topological polar surface area (TPSA) is 74.6 Å². The molecule has 0 aromatic carbocycles. The van der Waals surface area contributed by atoms with Crippen molar-refractivity contribution >= 4 is 11.9 Å². The fourth-order valence-corrected chi connectivity index (χ4v) is 2.24. The van der Waals surface area contributed by atoms with Gasteiger partial charge in [0, 0.05) is 12.8 Å². The third kappa shape index (κ3) is 2.05. The Bertz CT molecular complexity index is 233. The van der Waals surface area contributed by atoms with Crippen molar-refractivity contribution in [3.8, 4) is 0 Å². The van der Waals surface area contributed by atoms with Crippen LogP contribution in [0.1, 0.15) is 33.1 Å². The van der Waals surface area contributed by atoms with Crippen molar-refractivity contribution in [3.05, 3.63) is 0 Å². The predicted octanol–water partition coefficient (Wildman–Crippen LogP) is 1.60. The molecule has 0 bridgehead atoms. The molecule has 14 heavy (non-hydrogen) atoms. The van der Waals surface area contributed by atoms with E-state index in [-0.39, 0.29) is 30.1 Å². The van der Waals surface area contributed by atoms with Gasteiger partial charge in [0.25, 0.3) is 0 Å². The normalized spacial score (nSPS) is 29.3. The molecule has 0 unspecified atom stereocenters. The van der Waals surface area contributed by atoms with E-state index in [1.807, 2.05) is 13.8 Å². The second-order valence-corrected chi connectivity index (χ2v) is 4.65. The highest BCUT2D eigenvalue weighted by Gasteiger charge is 2.48. The van der Waals surface area contributed by atoms with Crippen molar-refractivity contribution in [3.63, 3.8) is 0 Å². The number of hydrogen-bond donors (Lipinski definition) is 2. The Balaban J connectivity index is 2.50. The summed E-state index contributed by atoms with van der Waals surface area (Å²) in [5, 5.41) is 17.3. The van der Waals surface area contributed by atoms with Crippen LogP contribution in [0.2, 0.25) is 0 Å². The number of rotatable bonds is 4. The van der Waals surface area contributed by atoms with Crippen LogP contribution in [0, 0.1) is 17.3 Å². The lowest BCUT2D eigenvalue weighted by Gasteiger charge is -2.51. The van der Waals surface area contributed by atoms with Crippen LogP contribution in [0.5, 0.6) is 0 Å². The first-order valence-corrected chi connectivity index (χ1v) is 4.77. The van der Waals surface area contributed by atoms with Crippen LogP contribution in [0.3, 0.4) is 0 Å². The zero-order valence-electron chi connectivity index (χ0n) is 8.49. The molecule has 0 aromatic rings. The van der Waals surface area contributed by atoms with E-state index in [0.717, 1.165) is 6.42 Å². The van der Waals surface area contributed by atoms with E-state index in [9.17, 15) is 9.59 Å². The number of hydrogen-bond acceptors (Lipinski definition) is 2. The van der Waals surface area contributed by atoms with Gasteiger partial charge in [-0.1, -0.05) is 13.8 Å². The summed E-state index contributed by atoms with van der Waals surface area (Å²) in [5.74, 6) is -1.33. The second kappa shape index (κ2) is 3.59. The van der Waals surface area contributed by atoms with Crippen molar-refractivity contribution in [2.75, 3.05) is 0 Å². The predicted molar refractivity (Wildman–Crippen MR) is 49.9 cm³/mol. The van der Waals surface area contributed by atoms with E-state index in [2.05, 4.69) is 0 Å². The molecule has 0 spiro atoms.